The van der Waals surface area contributed by atoms with Crippen LogP contribution in [0.3, 0.4) is 0 Å². The van der Waals surface area contributed by atoms with Crippen LogP contribution in [0.1, 0.15) is 32.1 Å². The second-order valence-electron chi connectivity index (χ2n) is 3.06. The zero-order valence-corrected chi connectivity index (χ0v) is 6.79. The van der Waals surface area contributed by atoms with Gasteiger partial charge in [0.1, 0.15) is 0 Å². The topological polar surface area (TPSA) is 32.6 Å². The van der Waals surface area contributed by atoms with Crippen LogP contribution in [0.15, 0.2) is 17.8 Å². The summed E-state index contributed by atoms with van der Waals surface area (Å²) in [7, 11) is 0. The molecule has 62 valence electrons. The van der Waals surface area contributed by atoms with Gasteiger partial charge in [-0.25, -0.2) is 0 Å². The minimum absolute atomic E-state index is 0.464. The maximum Gasteiger partial charge on any atom is 0.0604 e. The van der Waals surface area contributed by atoms with Gasteiger partial charge >= 0.3 is 0 Å². The normalized spacial score (nSPS) is 28.7. The largest absolute Gasteiger partial charge is 0.411 e. The highest BCUT2D eigenvalue weighted by Gasteiger charge is 2.18. The van der Waals surface area contributed by atoms with Gasteiger partial charge in [0.05, 0.1) is 5.71 Å². The van der Waals surface area contributed by atoms with E-state index in [1.807, 2.05) is 6.08 Å². The average Bonchev–Trinajstić information content (AvgIpc) is 2.06. The number of hydrogen-bond acceptors (Lipinski definition) is 2. The molecule has 0 amide bonds. The number of hydrogen-bond donors (Lipinski definition) is 1. The molecule has 0 bridgehead atoms. The Balaban J connectivity index is 2.51. The Morgan fingerprint density at radius 1 is 1.64 bits per heavy atom. The summed E-state index contributed by atoms with van der Waals surface area (Å²) in [6.45, 7) is 3.69. The Morgan fingerprint density at radius 3 is 3.09 bits per heavy atom. The second-order valence-corrected chi connectivity index (χ2v) is 3.06. The van der Waals surface area contributed by atoms with Crippen molar-refractivity contribution in [2.24, 2.45) is 11.1 Å². The van der Waals surface area contributed by atoms with Crippen LogP contribution < -0.4 is 0 Å². The van der Waals surface area contributed by atoms with E-state index in [9.17, 15) is 0 Å². The molecule has 1 rings (SSSR count). The van der Waals surface area contributed by atoms with Crippen molar-refractivity contribution in [3.8, 4) is 0 Å². The molecule has 2 heteroatoms. The predicted molar refractivity (Wildman–Crippen MR) is 46.0 cm³/mol. The fourth-order valence-electron chi connectivity index (χ4n) is 1.65. The van der Waals surface area contributed by atoms with Crippen LogP contribution in [-0.2, 0) is 0 Å². The fourth-order valence-corrected chi connectivity index (χ4v) is 1.65. The van der Waals surface area contributed by atoms with Crippen molar-refractivity contribution in [2.75, 3.05) is 0 Å². The van der Waals surface area contributed by atoms with Gasteiger partial charge in [0.2, 0.25) is 0 Å². The van der Waals surface area contributed by atoms with Gasteiger partial charge in [-0.15, -0.1) is 6.58 Å². The van der Waals surface area contributed by atoms with Crippen LogP contribution in [0.25, 0.3) is 0 Å². The first kappa shape index (κ1) is 8.31. The van der Waals surface area contributed by atoms with Gasteiger partial charge in [-0.05, 0) is 25.7 Å². The molecule has 0 radical (unpaired) electrons. The van der Waals surface area contributed by atoms with Gasteiger partial charge in [0.25, 0.3) is 0 Å². The van der Waals surface area contributed by atoms with Crippen molar-refractivity contribution in [1.82, 2.24) is 0 Å². The van der Waals surface area contributed by atoms with Crippen LogP contribution >= 0.6 is 0 Å². The molecule has 1 aliphatic carbocycles. The van der Waals surface area contributed by atoms with Gasteiger partial charge < -0.3 is 5.21 Å². The summed E-state index contributed by atoms with van der Waals surface area (Å²) >= 11 is 0. The highest BCUT2D eigenvalue weighted by Crippen LogP contribution is 2.24. The van der Waals surface area contributed by atoms with E-state index in [2.05, 4.69) is 11.7 Å². The maximum atomic E-state index is 8.64. The molecule has 0 aromatic rings. The molecule has 1 unspecified atom stereocenters. The molecular formula is C9H15NO. The van der Waals surface area contributed by atoms with Crippen molar-refractivity contribution in [3.63, 3.8) is 0 Å². The number of nitrogens with zero attached hydrogens (tertiary/aromatic N) is 1. The molecule has 0 aromatic carbocycles. The molecule has 1 saturated carbocycles. The van der Waals surface area contributed by atoms with Gasteiger partial charge in [0, 0.05) is 5.92 Å². The standard InChI is InChI=1S/C9H15NO/c1-2-5-8-6-3-4-7-9(8)10-11/h2,8,11H,1,3-7H2. The van der Waals surface area contributed by atoms with Crippen molar-refractivity contribution in [1.29, 1.82) is 0 Å². The summed E-state index contributed by atoms with van der Waals surface area (Å²) in [5.41, 5.74) is 0.969. The zero-order chi connectivity index (χ0) is 8.10. The average molecular weight is 153 g/mol. The van der Waals surface area contributed by atoms with Gasteiger partial charge in [-0.1, -0.05) is 17.7 Å². The lowest BCUT2D eigenvalue weighted by molar-refractivity contribution is 0.309. The SMILES string of the molecule is C=CCC1CCCCC1=NO. The first-order valence-corrected chi connectivity index (χ1v) is 4.20. The quantitative estimate of drug-likeness (QED) is 0.369. The monoisotopic (exact) mass is 153 g/mol. The smallest absolute Gasteiger partial charge is 0.0604 e. The van der Waals surface area contributed by atoms with Crippen molar-refractivity contribution >= 4 is 5.71 Å². The van der Waals surface area contributed by atoms with Gasteiger partial charge in [-0.2, -0.15) is 0 Å². The number of rotatable bonds is 2. The number of oxime groups is 1. The van der Waals surface area contributed by atoms with E-state index in [-0.39, 0.29) is 0 Å². The van der Waals surface area contributed by atoms with Crippen LogP contribution in [0.4, 0.5) is 0 Å². The number of allylic oxidation sites excluding steroid dienone is 1. The lowest BCUT2D eigenvalue weighted by Crippen LogP contribution is -2.18. The molecule has 0 heterocycles. The van der Waals surface area contributed by atoms with E-state index < -0.39 is 0 Å². The van der Waals surface area contributed by atoms with Gasteiger partial charge in [0.15, 0.2) is 0 Å². The molecule has 2 nitrogen and oxygen atoms in total. The Hall–Kier alpha value is -0.790. The highest BCUT2D eigenvalue weighted by atomic mass is 16.4. The molecule has 0 saturated heterocycles. The van der Waals surface area contributed by atoms with E-state index in [1.165, 1.54) is 12.8 Å². The third-order valence-electron chi connectivity index (χ3n) is 2.29. The van der Waals surface area contributed by atoms with E-state index in [0.717, 1.165) is 25.0 Å². The van der Waals surface area contributed by atoms with E-state index in [1.54, 1.807) is 0 Å². The molecule has 1 N–H and O–H groups in total. The van der Waals surface area contributed by atoms with Crippen LogP contribution in [0, 0.1) is 5.92 Å². The summed E-state index contributed by atoms with van der Waals surface area (Å²) in [5, 5.41) is 12.0. The molecule has 1 fully saturated rings. The Labute approximate surface area is 67.6 Å². The zero-order valence-electron chi connectivity index (χ0n) is 6.79. The third kappa shape index (κ3) is 2.07. The fraction of sp³-hybridized carbons (Fsp3) is 0.667. The van der Waals surface area contributed by atoms with Crippen molar-refractivity contribution in [3.05, 3.63) is 12.7 Å². The molecular weight excluding hydrogens is 138 g/mol. The Kier molecular flexibility index (Phi) is 3.14. The summed E-state index contributed by atoms with van der Waals surface area (Å²) < 4.78 is 0. The molecule has 0 aromatic heterocycles. The lowest BCUT2D eigenvalue weighted by atomic mass is 9.85. The molecule has 1 atom stereocenters. The molecule has 11 heavy (non-hydrogen) atoms. The Morgan fingerprint density at radius 2 is 2.45 bits per heavy atom. The van der Waals surface area contributed by atoms with Gasteiger partial charge in [-0.3, -0.25) is 0 Å². The summed E-state index contributed by atoms with van der Waals surface area (Å²) in [5.74, 6) is 0.464. The van der Waals surface area contributed by atoms with Crippen LogP contribution in [0.5, 0.6) is 0 Å². The summed E-state index contributed by atoms with van der Waals surface area (Å²) in [6, 6.07) is 0. The molecule has 0 spiro atoms. The van der Waals surface area contributed by atoms with Crippen LogP contribution in [-0.4, -0.2) is 10.9 Å². The first-order valence-electron chi connectivity index (χ1n) is 4.20. The third-order valence-corrected chi connectivity index (χ3v) is 2.29. The highest BCUT2D eigenvalue weighted by molar-refractivity contribution is 5.86. The minimum atomic E-state index is 0.464. The van der Waals surface area contributed by atoms with E-state index in [0.29, 0.717) is 5.92 Å². The molecule has 0 aliphatic heterocycles. The Bertz CT molecular complexity index is 163. The lowest BCUT2D eigenvalue weighted by Gasteiger charge is -2.21. The van der Waals surface area contributed by atoms with Crippen molar-refractivity contribution in [2.45, 2.75) is 32.1 Å². The summed E-state index contributed by atoms with van der Waals surface area (Å²) in [4.78, 5) is 0. The molecule has 1 aliphatic rings. The first-order chi connectivity index (χ1) is 5.38. The van der Waals surface area contributed by atoms with Crippen molar-refractivity contribution < 1.29 is 5.21 Å². The second kappa shape index (κ2) is 4.16. The van der Waals surface area contributed by atoms with E-state index in [4.69, 9.17) is 5.21 Å². The maximum absolute atomic E-state index is 8.64. The summed E-state index contributed by atoms with van der Waals surface area (Å²) in [6.07, 6.45) is 7.42. The predicted octanol–water partition coefficient (Wildman–Crippen LogP) is 2.58. The van der Waals surface area contributed by atoms with E-state index >= 15 is 0 Å². The van der Waals surface area contributed by atoms with Crippen LogP contribution in [0.2, 0.25) is 0 Å². The minimum Gasteiger partial charge on any atom is -0.411 e.